The molecule has 1 aromatic rings. The number of likely N-dealkylation sites (tertiary alicyclic amines) is 1. The lowest BCUT2D eigenvalue weighted by Crippen LogP contribution is -2.37. The molecule has 0 aromatic heterocycles. The fraction of sp³-hybridized carbons (Fsp3) is 0.571. The number of rotatable bonds is 5. The molecule has 110 valence electrons. The summed E-state index contributed by atoms with van der Waals surface area (Å²) >= 11 is 0. The van der Waals surface area contributed by atoms with Crippen LogP contribution in [0.4, 0.5) is 0 Å². The largest absolute Gasteiger partial charge is 0.392 e. The highest BCUT2D eigenvalue weighted by molar-refractivity contribution is 7.89. The fourth-order valence-corrected chi connectivity index (χ4v) is 3.98. The number of aliphatic hydroxyl groups is 1. The molecule has 1 unspecified atom stereocenters. The van der Waals surface area contributed by atoms with Gasteiger partial charge in [0.1, 0.15) is 0 Å². The van der Waals surface area contributed by atoms with Gasteiger partial charge in [0.15, 0.2) is 0 Å². The van der Waals surface area contributed by atoms with Gasteiger partial charge in [0, 0.05) is 25.2 Å². The van der Waals surface area contributed by atoms with E-state index < -0.39 is 10.0 Å². The number of hydrogen-bond acceptors (Lipinski definition) is 4. The maximum atomic E-state index is 12.3. The van der Waals surface area contributed by atoms with Crippen LogP contribution in [-0.4, -0.2) is 43.6 Å². The Bertz CT molecular complexity index is 567. The van der Waals surface area contributed by atoms with Crippen molar-refractivity contribution < 1.29 is 13.5 Å². The minimum absolute atomic E-state index is 0.0121. The lowest BCUT2D eigenvalue weighted by Gasteiger charge is -2.16. The Morgan fingerprint density at radius 2 is 1.90 bits per heavy atom. The number of aliphatic hydroxyl groups excluding tert-OH is 1. The molecule has 2 fully saturated rings. The van der Waals surface area contributed by atoms with Crippen molar-refractivity contribution >= 4 is 10.0 Å². The Morgan fingerprint density at radius 1 is 1.20 bits per heavy atom. The van der Waals surface area contributed by atoms with Gasteiger partial charge in [-0.3, -0.25) is 4.90 Å². The number of sulfonamides is 1. The van der Waals surface area contributed by atoms with Crippen LogP contribution in [0.5, 0.6) is 0 Å². The summed E-state index contributed by atoms with van der Waals surface area (Å²) in [6.45, 7) is 1.73. The molecule has 6 heteroatoms. The lowest BCUT2D eigenvalue weighted by atomic mass is 10.2. The van der Waals surface area contributed by atoms with Crippen LogP contribution in [-0.2, 0) is 16.6 Å². The summed E-state index contributed by atoms with van der Waals surface area (Å²) in [6.07, 6.45) is 3.38. The molecule has 0 spiro atoms. The Labute approximate surface area is 119 Å². The van der Waals surface area contributed by atoms with E-state index in [1.54, 1.807) is 24.3 Å². The van der Waals surface area contributed by atoms with Gasteiger partial charge in [0.05, 0.1) is 11.5 Å². The van der Waals surface area contributed by atoms with Crippen LogP contribution in [0, 0.1) is 0 Å². The monoisotopic (exact) mass is 296 g/mol. The minimum Gasteiger partial charge on any atom is -0.392 e. The van der Waals surface area contributed by atoms with Crippen molar-refractivity contribution in [2.45, 2.75) is 42.8 Å². The van der Waals surface area contributed by atoms with E-state index in [1.165, 1.54) is 12.8 Å². The third-order valence-electron chi connectivity index (χ3n) is 4.02. The van der Waals surface area contributed by atoms with Crippen LogP contribution in [0.25, 0.3) is 0 Å². The summed E-state index contributed by atoms with van der Waals surface area (Å²) in [5.74, 6) is 0. The molecule has 1 saturated carbocycles. The topological polar surface area (TPSA) is 69.6 Å². The van der Waals surface area contributed by atoms with E-state index in [9.17, 15) is 8.42 Å². The third kappa shape index (κ3) is 3.03. The van der Waals surface area contributed by atoms with E-state index >= 15 is 0 Å². The Hall–Kier alpha value is -0.950. The van der Waals surface area contributed by atoms with Gasteiger partial charge in [-0.25, -0.2) is 13.1 Å². The van der Waals surface area contributed by atoms with E-state index in [-0.39, 0.29) is 17.5 Å². The number of hydrogen-bond donors (Lipinski definition) is 2. The second-order valence-electron chi connectivity index (χ2n) is 5.64. The van der Waals surface area contributed by atoms with E-state index in [4.69, 9.17) is 5.11 Å². The first-order valence-electron chi connectivity index (χ1n) is 7.05. The van der Waals surface area contributed by atoms with E-state index in [2.05, 4.69) is 9.62 Å². The van der Waals surface area contributed by atoms with Crippen LogP contribution in [0.1, 0.15) is 24.8 Å². The van der Waals surface area contributed by atoms with Gasteiger partial charge in [-0.05, 0) is 37.0 Å². The third-order valence-corrected chi connectivity index (χ3v) is 5.56. The van der Waals surface area contributed by atoms with Gasteiger partial charge >= 0.3 is 0 Å². The molecule has 0 amide bonds. The molecule has 0 radical (unpaired) electrons. The highest BCUT2D eigenvalue weighted by atomic mass is 32.2. The molecule has 1 aliphatic carbocycles. The molecule has 20 heavy (non-hydrogen) atoms. The van der Waals surface area contributed by atoms with Gasteiger partial charge in [-0.1, -0.05) is 12.1 Å². The Morgan fingerprint density at radius 3 is 2.50 bits per heavy atom. The molecule has 1 saturated heterocycles. The van der Waals surface area contributed by atoms with Crippen molar-refractivity contribution in [2.24, 2.45) is 0 Å². The summed E-state index contributed by atoms with van der Waals surface area (Å²) in [7, 11) is -3.46. The SMILES string of the molecule is O=S(=O)(NC1CCN(C2CC2)C1)c1ccc(CO)cc1. The van der Waals surface area contributed by atoms with Crippen molar-refractivity contribution in [1.29, 1.82) is 0 Å². The zero-order valence-corrected chi connectivity index (χ0v) is 12.1. The van der Waals surface area contributed by atoms with Crippen molar-refractivity contribution in [3.63, 3.8) is 0 Å². The molecule has 3 rings (SSSR count). The summed E-state index contributed by atoms with van der Waals surface area (Å²) in [5, 5.41) is 8.98. The standard InChI is InChI=1S/C14H20N2O3S/c17-10-11-1-5-14(6-2-11)20(18,19)15-12-7-8-16(9-12)13-3-4-13/h1-2,5-6,12-13,15,17H,3-4,7-10H2. The highest BCUT2D eigenvalue weighted by Crippen LogP contribution is 2.30. The first-order chi connectivity index (χ1) is 9.58. The van der Waals surface area contributed by atoms with E-state index in [0.717, 1.165) is 19.5 Å². The van der Waals surface area contributed by atoms with Crippen LogP contribution >= 0.6 is 0 Å². The van der Waals surface area contributed by atoms with Crippen molar-refractivity contribution in [3.8, 4) is 0 Å². The molecule has 1 aliphatic heterocycles. The molecule has 1 heterocycles. The van der Waals surface area contributed by atoms with Crippen LogP contribution in [0.2, 0.25) is 0 Å². The van der Waals surface area contributed by atoms with Gasteiger partial charge in [0.25, 0.3) is 0 Å². The first kappa shape index (κ1) is 14.0. The lowest BCUT2D eigenvalue weighted by molar-refractivity contribution is 0.282. The second-order valence-corrected chi connectivity index (χ2v) is 7.35. The van der Waals surface area contributed by atoms with Crippen LogP contribution < -0.4 is 4.72 Å². The van der Waals surface area contributed by atoms with Gasteiger partial charge in [-0.15, -0.1) is 0 Å². The maximum Gasteiger partial charge on any atom is 0.240 e. The quantitative estimate of drug-likeness (QED) is 0.839. The number of nitrogens with zero attached hydrogens (tertiary/aromatic N) is 1. The molecule has 5 nitrogen and oxygen atoms in total. The summed E-state index contributed by atoms with van der Waals surface area (Å²) < 4.78 is 27.4. The van der Waals surface area contributed by atoms with E-state index in [0.29, 0.717) is 11.6 Å². The molecule has 2 aliphatic rings. The molecule has 1 atom stereocenters. The second kappa shape index (κ2) is 5.44. The average Bonchev–Trinajstić information content (AvgIpc) is 3.20. The van der Waals surface area contributed by atoms with E-state index in [1.807, 2.05) is 0 Å². The summed E-state index contributed by atoms with van der Waals surface area (Å²) in [4.78, 5) is 2.64. The summed E-state index contributed by atoms with van der Waals surface area (Å²) in [5.41, 5.74) is 0.713. The predicted octanol–water partition coefficient (Wildman–Crippen LogP) is 0.694. The van der Waals surface area contributed by atoms with Gasteiger partial charge in [-0.2, -0.15) is 0 Å². The smallest absolute Gasteiger partial charge is 0.240 e. The average molecular weight is 296 g/mol. The van der Waals surface area contributed by atoms with Crippen molar-refractivity contribution in [1.82, 2.24) is 9.62 Å². The zero-order valence-electron chi connectivity index (χ0n) is 11.3. The van der Waals surface area contributed by atoms with Crippen molar-refractivity contribution in [3.05, 3.63) is 29.8 Å². The minimum atomic E-state index is -3.46. The van der Waals surface area contributed by atoms with Gasteiger partial charge < -0.3 is 5.11 Å². The Balaban J connectivity index is 1.65. The molecular weight excluding hydrogens is 276 g/mol. The number of benzene rings is 1. The van der Waals surface area contributed by atoms with Crippen LogP contribution in [0.15, 0.2) is 29.2 Å². The first-order valence-corrected chi connectivity index (χ1v) is 8.53. The summed E-state index contributed by atoms with van der Waals surface area (Å²) in [6, 6.07) is 7.06. The Kier molecular flexibility index (Phi) is 3.81. The normalized spacial score (nSPS) is 24.1. The fourth-order valence-electron chi connectivity index (χ4n) is 2.72. The highest BCUT2D eigenvalue weighted by Gasteiger charge is 2.35. The van der Waals surface area contributed by atoms with Gasteiger partial charge in [0.2, 0.25) is 10.0 Å². The zero-order chi connectivity index (χ0) is 14.2. The van der Waals surface area contributed by atoms with Crippen molar-refractivity contribution in [2.75, 3.05) is 13.1 Å². The molecule has 0 bridgehead atoms. The number of nitrogens with one attached hydrogen (secondary N) is 1. The molecule has 1 aromatic carbocycles. The predicted molar refractivity (Wildman–Crippen MR) is 75.7 cm³/mol. The maximum absolute atomic E-state index is 12.3. The molecule has 2 N–H and O–H groups in total. The molecular formula is C14H20N2O3S. The van der Waals surface area contributed by atoms with Crippen LogP contribution in [0.3, 0.4) is 0 Å².